The summed E-state index contributed by atoms with van der Waals surface area (Å²) in [5, 5.41) is 3.24. The Morgan fingerprint density at radius 2 is 1.76 bits per heavy atom. The highest BCUT2D eigenvalue weighted by molar-refractivity contribution is 7.80. The first-order valence-corrected chi connectivity index (χ1v) is 14.3. The minimum absolute atomic E-state index is 0.200. The number of thiocarbonyl (C=S) groups is 1. The van der Waals surface area contributed by atoms with Gasteiger partial charge in [0.2, 0.25) is 0 Å². The van der Waals surface area contributed by atoms with Crippen LogP contribution in [-0.4, -0.2) is 28.5 Å². The molecule has 0 fully saturated rings. The number of halogens is 1. The minimum Gasteiger partial charge on any atom is -0.489 e. The van der Waals surface area contributed by atoms with Crippen molar-refractivity contribution in [1.29, 1.82) is 0 Å². The van der Waals surface area contributed by atoms with Gasteiger partial charge in [0.05, 0.1) is 18.2 Å². The van der Waals surface area contributed by atoms with E-state index in [4.69, 9.17) is 21.7 Å². The van der Waals surface area contributed by atoms with Crippen LogP contribution in [0.5, 0.6) is 5.75 Å². The first kappa shape index (κ1) is 30.7. The molecule has 1 amide bonds. The van der Waals surface area contributed by atoms with Gasteiger partial charge in [-0.1, -0.05) is 62.4 Å². The van der Waals surface area contributed by atoms with Gasteiger partial charge in [-0.05, 0) is 91.5 Å². The molecule has 0 spiro atoms. The van der Waals surface area contributed by atoms with Gasteiger partial charge >= 0.3 is 5.97 Å². The van der Waals surface area contributed by atoms with E-state index < -0.39 is 12.0 Å². The van der Waals surface area contributed by atoms with E-state index in [0.29, 0.717) is 28.5 Å². The number of amides is 1. The zero-order valence-electron chi connectivity index (χ0n) is 24.4. The highest BCUT2D eigenvalue weighted by Crippen LogP contribution is 2.36. The predicted molar refractivity (Wildman–Crippen MR) is 166 cm³/mol. The highest BCUT2D eigenvalue weighted by Gasteiger charge is 2.40. The molecular formula is C34H35FN2O4S. The molecule has 4 rings (SSSR count). The molecule has 1 heterocycles. The predicted octanol–water partition coefficient (Wildman–Crippen LogP) is 7.23. The summed E-state index contributed by atoms with van der Waals surface area (Å²) in [6.45, 7) is 9.91. The van der Waals surface area contributed by atoms with Crippen LogP contribution < -0.4 is 10.1 Å². The summed E-state index contributed by atoms with van der Waals surface area (Å²) >= 11 is 5.66. The van der Waals surface area contributed by atoms with Crippen LogP contribution in [-0.2, 0) is 20.9 Å². The Morgan fingerprint density at radius 3 is 2.40 bits per heavy atom. The zero-order chi connectivity index (χ0) is 30.4. The summed E-state index contributed by atoms with van der Waals surface area (Å²) in [6, 6.07) is 20.6. The van der Waals surface area contributed by atoms with Crippen molar-refractivity contribution in [2.75, 3.05) is 6.61 Å². The van der Waals surface area contributed by atoms with Crippen LogP contribution in [0.3, 0.4) is 0 Å². The second-order valence-corrected chi connectivity index (χ2v) is 10.8. The lowest BCUT2D eigenvalue weighted by molar-refractivity contribution is -0.139. The van der Waals surface area contributed by atoms with Crippen molar-refractivity contribution >= 4 is 35.3 Å². The molecule has 1 aliphatic heterocycles. The molecule has 0 saturated heterocycles. The maximum absolute atomic E-state index is 14.0. The molecule has 1 atom stereocenters. The van der Waals surface area contributed by atoms with E-state index in [2.05, 4.69) is 19.2 Å². The molecule has 3 aromatic rings. The fraction of sp³-hybridized carbons (Fsp3) is 0.265. The topological polar surface area (TPSA) is 67.9 Å². The number of hydrogen-bond acceptors (Lipinski definition) is 5. The van der Waals surface area contributed by atoms with Gasteiger partial charge in [-0.25, -0.2) is 9.18 Å². The monoisotopic (exact) mass is 586 g/mol. The summed E-state index contributed by atoms with van der Waals surface area (Å²) in [5.74, 6) is -0.224. The number of esters is 1. The van der Waals surface area contributed by atoms with Gasteiger partial charge in [0, 0.05) is 11.3 Å². The van der Waals surface area contributed by atoms with Gasteiger partial charge in [0.1, 0.15) is 18.2 Å². The van der Waals surface area contributed by atoms with Gasteiger partial charge in [-0.3, -0.25) is 9.69 Å². The van der Waals surface area contributed by atoms with Gasteiger partial charge in [-0.2, -0.15) is 0 Å². The lowest BCUT2D eigenvalue weighted by atomic mass is 9.91. The lowest BCUT2D eigenvalue weighted by Crippen LogP contribution is -2.51. The normalized spacial score (nSPS) is 15.5. The van der Waals surface area contributed by atoms with E-state index >= 15 is 0 Å². The van der Waals surface area contributed by atoms with Crippen LogP contribution >= 0.6 is 12.2 Å². The largest absolute Gasteiger partial charge is 0.489 e. The minimum atomic E-state index is -0.764. The summed E-state index contributed by atoms with van der Waals surface area (Å²) in [6.07, 6.45) is 1.75. The number of benzene rings is 3. The third-order valence-electron chi connectivity index (χ3n) is 6.98. The molecular weight excluding hydrogens is 551 g/mol. The van der Waals surface area contributed by atoms with Crippen LogP contribution in [0.15, 0.2) is 89.6 Å². The number of nitrogens with zero attached hydrogens (tertiary/aromatic N) is 1. The quantitative estimate of drug-likeness (QED) is 0.162. The lowest BCUT2D eigenvalue weighted by Gasteiger charge is -2.38. The van der Waals surface area contributed by atoms with Crippen LogP contribution in [0.4, 0.5) is 4.39 Å². The van der Waals surface area contributed by atoms with Crippen molar-refractivity contribution < 1.29 is 23.5 Å². The number of hydrogen-bond donors (Lipinski definition) is 1. The molecule has 0 saturated carbocycles. The van der Waals surface area contributed by atoms with Crippen LogP contribution in [0, 0.1) is 5.82 Å². The Labute approximate surface area is 251 Å². The maximum Gasteiger partial charge on any atom is 0.338 e. The van der Waals surface area contributed by atoms with E-state index in [9.17, 15) is 14.0 Å². The van der Waals surface area contributed by atoms with Crippen molar-refractivity contribution in [2.45, 2.75) is 53.2 Å². The molecule has 6 nitrogen and oxygen atoms in total. The molecule has 1 aliphatic rings. The number of carbonyl (C=O) groups is 2. The standard InChI is InChI=1S/C34H35FN2O4S/c1-6-40-33(39)30-23(5)36-34(42)37(31(30)27-14-12-26(13-15-27)21(2)3)32(38)22(4)18-25-8-7-9-29(19-25)41-20-24-10-16-28(35)17-11-24/h7-19,21,31H,6,20H2,1-5H3,(H,36,42)/b22-18+. The molecule has 218 valence electrons. The van der Waals surface area contributed by atoms with Crippen LogP contribution in [0.1, 0.15) is 68.8 Å². The number of rotatable bonds is 9. The average Bonchev–Trinajstić information content (AvgIpc) is 2.96. The maximum atomic E-state index is 14.0. The van der Waals surface area contributed by atoms with Crippen LogP contribution in [0.25, 0.3) is 6.08 Å². The fourth-order valence-electron chi connectivity index (χ4n) is 4.74. The van der Waals surface area contributed by atoms with Crippen molar-refractivity contribution in [3.05, 3.63) is 118 Å². The highest BCUT2D eigenvalue weighted by atomic mass is 32.1. The summed E-state index contributed by atoms with van der Waals surface area (Å²) in [7, 11) is 0. The van der Waals surface area contributed by atoms with Crippen molar-refractivity contribution in [1.82, 2.24) is 10.2 Å². The molecule has 1 unspecified atom stereocenters. The van der Waals surface area contributed by atoms with E-state index in [0.717, 1.165) is 22.3 Å². The summed E-state index contributed by atoms with van der Waals surface area (Å²) in [5.41, 5.74) is 4.79. The Hall–Kier alpha value is -4.30. The third kappa shape index (κ3) is 7.12. The zero-order valence-corrected chi connectivity index (χ0v) is 25.3. The van der Waals surface area contributed by atoms with Crippen LogP contribution in [0.2, 0.25) is 0 Å². The number of nitrogens with one attached hydrogen (secondary N) is 1. The summed E-state index contributed by atoms with van der Waals surface area (Å²) in [4.78, 5) is 28.6. The molecule has 0 radical (unpaired) electrons. The molecule has 0 aliphatic carbocycles. The second-order valence-electron chi connectivity index (χ2n) is 10.4. The Balaban J connectivity index is 1.65. The third-order valence-corrected chi connectivity index (χ3v) is 7.28. The Morgan fingerprint density at radius 1 is 1.07 bits per heavy atom. The number of carbonyl (C=O) groups excluding carboxylic acids is 2. The van der Waals surface area contributed by atoms with E-state index in [1.165, 1.54) is 17.0 Å². The molecule has 8 heteroatoms. The average molecular weight is 587 g/mol. The molecule has 42 heavy (non-hydrogen) atoms. The van der Waals surface area contributed by atoms with Gasteiger partial charge in [-0.15, -0.1) is 0 Å². The SMILES string of the molecule is CCOC(=O)C1=C(C)NC(=S)N(C(=O)/C(C)=C/c2cccc(OCc3ccc(F)cc3)c2)C1c1ccc(C(C)C)cc1. The Kier molecular flexibility index (Phi) is 9.91. The first-order valence-electron chi connectivity index (χ1n) is 13.9. The summed E-state index contributed by atoms with van der Waals surface area (Å²) < 4.78 is 24.5. The molecule has 1 N–H and O–H groups in total. The van der Waals surface area contributed by atoms with Gasteiger partial charge in [0.15, 0.2) is 5.11 Å². The first-order chi connectivity index (χ1) is 20.1. The van der Waals surface area contributed by atoms with Gasteiger partial charge in [0.25, 0.3) is 5.91 Å². The van der Waals surface area contributed by atoms with E-state index in [1.807, 2.05) is 48.5 Å². The molecule has 0 aromatic heterocycles. The Bertz CT molecular complexity index is 1530. The molecule has 0 bridgehead atoms. The van der Waals surface area contributed by atoms with E-state index in [1.54, 1.807) is 39.0 Å². The number of ether oxygens (including phenoxy) is 2. The second kappa shape index (κ2) is 13.6. The van der Waals surface area contributed by atoms with Crippen molar-refractivity contribution in [3.63, 3.8) is 0 Å². The fourth-order valence-corrected chi connectivity index (χ4v) is 5.09. The van der Waals surface area contributed by atoms with Gasteiger partial charge < -0.3 is 14.8 Å². The smallest absolute Gasteiger partial charge is 0.338 e. The number of allylic oxidation sites excluding steroid dienone is 1. The van der Waals surface area contributed by atoms with Crippen molar-refractivity contribution in [3.8, 4) is 5.75 Å². The van der Waals surface area contributed by atoms with E-state index in [-0.39, 0.29) is 30.1 Å². The van der Waals surface area contributed by atoms with Crippen molar-refractivity contribution in [2.24, 2.45) is 0 Å². The molecule has 3 aromatic carbocycles.